The highest BCUT2D eigenvalue weighted by Gasteiger charge is 2.16. The Hall–Kier alpha value is -2.50. The number of benzene rings is 3. The third kappa shape index (κ3) is 4.36. The summed E-state index contributed by atoms with van der Waals surface area (Å²) in [6, 6.07) is 21.6. The second kappa shape index (κ2) is 7.81. The third-order valence-electron chi connectivity index (χ3n) is 3.96. The molecule has 0 aliphatic carbocycles. The van der Waals surface area contributed by atoms with Crippen LogP contribution in [0.5, 0.6) is 0 Å². The van der Waals surface area contributed by atoms with Gasteiger partial charge in [0, 0.05) is 22.9 Å². The van der Waals surface area contributed by atoms with Crippen molar-refractivity contribution in [3.05, 3.63) is 88.9 Å². The quantitative estimate of drug-likeness (QED) is 0.622. The summed E-state index contributed by atoms with van der Waals surface area (Å²) in [5, 5.41) is 3.98. The summed E-state index contributed by atoms with van der Waals surface area (Å²) in [5.41, 5.74) is 3.09. The van der Waals surface area contributed by atoms with E-state index < -0.39 is 10.0 Å². The van der Waals surface area contributed by atoms with Crippen molar-refractivity contribution < 1.29 is 8.42 Å². The first kappa shape index (κ1) is 18.3. The van der Waals surface area contributed by atoms with Gasteiger partial charge in [-0.05, 0) is 54.4 Å². The first-order valence-corrected chi connectivity index (χ1v) is 9.97. The Kier molecular flexibility index (Phi) is 5.49. The molecule has 0 aromatic heterocycles. The molecule has 0 unspecified atom stereocenters. The Morgan fingerprint density at radius 1 is 0.846 bits per heavy atom. The summed E-state index contributed by atoms with van der Waals surface area (Å²) in [5.74, 6) is 0. The lowest BCUT2D eigenvalue weighted by molar-refractivity contribution is 0.600. The van der Waals surface area contributed by atoms with Gasteiger partial charge in [-0.2, -0.15) is 0 Å². The van der Waals surface area contributed by atoms with Crippen LogP contribution < -0.4 is 10.0 Å². The van der Waals surface area contributed by atoms with Crippen LogP contribution in [0.15, 0.2) is 77.7 Å². The topological polar surface area (TPSA) is 58.2 Å². The van der Waals surface area contributed by atoms with Crippen molar-refractivity contribution in [1.29, 1.82) is 0 Å². The summed E-state index contributed by atoms with van der Waals surface area (Å²) in [6.45, 7) is 2.37. The van der Waals surface area contributed by atoms with E-state index in [-0.39, 0.29) is 4.90 Å². The average Bonchev–Trinajstić information content (AvgIpc) is 2.62. The zero-order chi connectivity index (χ0) is 18.6. The van der Waals surface area contributed by atoms with Crippen molar-refractivity contribution in [1.82, 2.24) is 0 Å². The number of nitrogens with one attached hydrogen (secondary N) is 2. The molecule has 0 aliphatic rings. The van der Waals surface area contributed by atoms with Gasteiger partial charge in [0.25, 0.3) is 10.0 Å². The van der Waals surface area contributed by atoms with Gasteiger partial charge in [0.05, 0.1) is 4.90 Å². The fourth-order valence-corrected chi connectivity index (χ4v) is 4.07. The summed E-state index contributed by atoms with van der Waals surface area (Å²) >= 11 is 6.14. The van der Waals surface area contributed by atoms with Crippen LogP contribution in [0, 0.1) is 6.92 Å². The highest BCUT2D eigenvalue weighted by atomic mass is 35.5. The van der Waals surface area contributed by atoms with Gasteiger partial charge in [-0.3, -0.25) is 4.72 Å². The van der Waals surface area contributed by atoms with Crippen LogP contribution in [0.3, 0.4) is 0 Å². The Bertz CT molecular complexity index is 1000. The maximum atomic E-state index is 12.5. The van der Waals surface area contributed by atoms with Crippen LogP contribution >= 0.6 is 11.6 Å². The van der Waals surface area contributed by atoms with Gasteiger partial charge in [0.1, 0.15) is 0 Å². The second-order valence-corrected chi connectivity index (χ2v) is 7.95. The van der Waals surface area contributed by atoms with E-state index in [2.05, 4.69) is 10.0 Å². The van der Waals surface area contributed by atoms with Crippen molar-refractivity contribution in [2.75, 3.05) is 10.0 Å². The molecule has 0 fully saturated rings. The van der Waals surface area contributed by atoms with Gasteiger partial charge in [-0.1, -0.05) is 48.0 Å². The Labute approximate surface area is 158 Å². The van der Waals surface area contributed by atoms with Crippen molar-refractivity contribution in [2.45, 2.75) is 18.4 Å². The number of hydrogen-bond acceptors (Lipinski definition) is 3. The average molecular weight is 387 g/mol. The molecule has 0 atom stereocenters. The van der Waals surface area contributed by atoms with Gasteiger partial charge in [-0.15, -0.1) is 0 Å². The van der Waals surface area contributed by atoms with Crippen molar-refractivity contribution in [2.24, 2.45) is 0 Å². The molecule has 2 N–H and O–H groups in total. The lowest BCUT2D eigenvalue weighted by Gasteiger charge is -2.12. The Morgan fingerprint density at radius 3 is 2.15 bits per heavy atom. The van der Waals surface area contributed by atoms with Gasteiger partial charge < -0.3 is 5.32 Å². The molecule has 0 bridgehead atoms. The highest BCUT2D eigenvalue weighted by molar-refractivity contribution is 7.92. The third-order valence-corrected chi connectivity index (χ3v) is 5.87. The smallest absolute Gasteiger partial charge is 0.262 e. The second-order valence-electron chi connectivity index (χ2n) is 5.89. The monoisotopic (exact) mass is 386 g/mol. The molecule has 3 aromatic carbocycles. The molecule has 4 nitrogen and oxygen atoms in total. The molecule has 6 heteroatoms. The van der Waals surface area contributed by atoms with Gasteiger partial charge in [0.15, 0.2) is 0 Å². The zero-order valence-corrected chi connectivity index (χ0v) is 15.8. The molecule has 0 aliphatic heterocycles. The van der Waals surface area contributed by atoms with E-state index in [4.69, 9.17) is 11.6 Å². The molecule has 3 aromatic rings. The minimum Gasteiger partial charge on any atom is -0.381 e. The summed E-state index contributed by atoms with van der Waals surface area (Å²) in [7, 11) is -3.61. The number of sulfonamides is 1. The first-order chi connectivity index (χ1) is 12.5. The van der Waals surface area contributed by atoms with Crippen LogP contribution in [0.2, 0.25) is 5.02 Å². The molecule has 0 heterocycles. The van der Waals surface area contributed by atoms with Crippen LogP contribution in [-0.4, -0.2) is 8.42 Å². The number of halogens is 1. The molecule has 26 heavy (non-hydrogen) atoms. The first-order valence-electron chi connectivity index (χ1n) is 8.11. The van der Waals surface area contributed by atoms with E-state index in [1.807, 2.05) is 42.5 Å². The van der Waals surface area contributed by atoms with Crippen LogP contribution in [-0.2, 0) is 16.6 Å². The van der Waals surface area contributed by atoms with Gasteiger partial charge in [-0.25, -0.2) is 8.42 Å². The maximum Gasteiger partial charge on any atom is 0.262 e. The SMILES string of the molecule is Cc1ccccc1S(=O)(=O)Nc1ccc(NCc2ccccc2Cl)cc1. The molecule has 0 spiro atoms. The number of anilines is 2. The predicted octanol–water partition coefficient (Wildman–Crippen LogP) is 5.06. The Balaban J connectivity index is 1.68. The number of aryl methyl sites for hydroxylation is 1. The lowest BCUT2D eigenvalue weighted by atomic mass is 10.2. The minimum atomic E-state index is -3.61. The normalized spacial score (nSPS) is 11.2. The zero-order valence-electron chi connectivity index (χ0n) is 14.2. The van der Waals surface area contributed by atoms with Crippen molar-refractivity contribution >= 4 is 33.0 Å². The Morgan fingerprint density at radius 2 is 1.46 bits per heavy atom. The largest absolute Gasteiger partial charge is 0.381 e. The molecule has 3 rings (SSSR count). The van der Waals surface area contributed by atoms with Crippen LogP contribution in [0.25, 0.3) is 0 Å². The summed E-state index contributed by atoms with van der Waals surface area (Å²) in [4.78, 5) is 0.279. The van der Waals surface area contributed by atoms with E-state index in [0.717, 1.165) is 11.3 Å². The number of rotatable bonds is 6. The lowest BCUT2D eigenvalue weighted by Crippen LogP contribution is -2.14. The number of hydrogen-bond donors (Lipinski definition) is 2. The molecular formula is C20H19ClN2O2S. The van der Waals surface area contributed by atoms with Gasteiger partial charge >= 0.3 is 0 Å². The van der Waals surface area contributed by atoms with E-state index in [1.54, 1.807) is 37.3 Å². The van der Waals surface area contributed by atoms with E-state index in [1.165, 1.54) is 0 Å². The van der Waals surface area contributed by atoms with E-state index in [9.17, 15) is 8.42 Å². The molecular weight excluding hydrogens is 368 g/mol. The van der Waals surface area contributed by atoms with Gasteiger partial charge in [0.2, 0.25) is 0 Å². The fourth-order valence-electron chi connectivity index (χ4n) is 2.56. The molecule has 0 amide bonds. The van der Waals surface area contributed by atoms with E-state index >= 15 is 0 Å². The molecule has 134 valence electrons. The standard InChI is InChI=1S/C20H19ClN2O2S/c1-15-6-2-5-9-20(15)26(24,25)23-18-12-10-17(11-13-18)22-14-16-7-3-4-8-19(16)21/h2-13,22-23H,14H2,1H3. The van der Waals surface area contributed by atoms with Crippen molar-refractivity contribution in [3.8, 4) is 0 Å². The van der Waals surface area contributed by atoms with E-state index in [0.29, 0.717) is 22.8 Å². The van der Waals surface area contributed by atoms with Crippen LogP contribution in [0.1, 0.15) is 11.1 Å². The molecule has 0 radical (unpaired) electrons. The predicted molar refractivity (Wildman–Crippen MR) is 107 cm³/mol. The molecule has 0 saturated heterocycles. The molecule has 0 saturated carbocycles. The minimum absolute atomic E-state index is 0.279. The van der Waals surface area contributed by atoms with Crippen LogP contribution in [0.4, 0.5) is 11.4 Å². The summed E-state index contributed by atoms with van der Waals surface area (Å²) in [6.07, 6.45) is 0. The summed E-state index contributed by atoms with van der Waals surface area (Å²) < 4.78 is 27.6. The highest BCUT2D eigenvalue weighted by Crippen LogP contribution is 2.21. The fraction of sp³-hybridized carbons (Fsp3) is 0.100. The van der Waals surface area contributed by atoms with Crippen molar-refractivity contribution in [3.63, 3.8) is 0 Å². The maximum absolute atomic E-state index is 12.5.